The van der Waals surface area contributed by atoms with Crippen LogP contribution in [0.15, 0.2) is 101 Å². The third-order valence-electron chi connectivity index (χ3n) is 6.78. The Bertz CT molecular complexity index is 3140. The van der Waals surface area contributed by atoms with Gasteiger partial charge in [-0.1, -0.05) is 17.5 Å². The number of aryl methyl sites for hydroxylation is 1. The standard InChI is InChI=1S/C30H21N8O10S2.5Na.3O3S/c1-16-13-23(25(48-2)14-22(16)35-33-20-5-3-4-6-26(20)49(42,43)44)36-34-21-12-11-19-27(50(45,46)47)15-24(30(39)28(19)29(21)31)37-32-17-7-9-18(10-8-17)38(40)41;;;;;;3*1-4(2)3/h4-7,9-11,13-15,39H,31H2,1-2H3,(H,42,43,44)(H,45,46,47);;;;;;;;/q-3;5*+1;;;/p-2. The number of anilines is 1. The summed E-state index contributed by atoms with van der Waals surface area (Å²) in [6.45, 7) is 1.62. The minimum atomic E-state index is -5.16. The number of nitro groups is 1. The first-order valence-electron chi connectivity index (χ1n) is 15.1. The van der Waals surface area contributed by atoms with Gasteiger partial charge in [0.1, 0.15) is 43.1 Å². The van der Waals surface area contributed by atoms with Crippen molar-refractivity contribution in [2.75, 3.05) is 12.8 Å². The van der Waals surface area contributed by atoms with Crippen molar-refractivity contribution in [2.24, 2.45) is 30.7 Å². The zero-order valence-electron chi connectivity index (χ0n) is 35.3. The third kappa shape index (κ3) is 23.9. The van der Waals surface area contributed by atoms with Crippen LogP contribution in [-0.2, 0) is 52.1 Å². The van der Waals surface area contributed by atoms with Crippen LogP contribution in [0.4, 0.5) is 45.5 Å². The number of phenols is 1. The van der Waals surface area contributed by atoms with E-state index in [4.69, 9.17) is 48.4 Å². The second-order valence-corrected chi connectivity index (χ2v) is 14.5. The molecule has 0 saturated heterocycles. The SMILES string of the molecule is COc1cc(N=Nc2c[c-]ccc2S(=O)(=O)[O-])c(C)cc1N=Nc1[c-]cc2c(S(=O)(=O)[O-])cc(N=Nc3[c-]cc([N+](=O)[O-])cc3)c(O)c2c1N.O=S(=O)=O.O=S(=O)=O.O=S(=O)=O.[Na+].[Na+].[Na+].[Na+].[Na+]. The van der Waals surface area contributed by atoms with Crippen molar-refractivity contribution >= 4 is 108 Å². The van der Waals surface area contributed by atoms with E-state index in [-0.39, 0.29) is 204 Å². The molecule has 0 heterocycles. The number of nitro benzene ring substituents is 1. The molecule has 0 aliphatic carbocycles. The Morgan fingerprint density at radius 2 is 1.18 bits per heavy atom. The minimum absolute atomic E-state index is 0. The smallest absolute Gasteiger partial charge is 0.746 e. The number of benzene rings is 5. The fraction of sp³-hybridized carbons (Fsp3) is 0.0667. The molecule has 67 heavy (non-hydrogen) atoms. The van der Waals surface area contributed by atoms with Crippen LogP contribution in [0.25, 0.3) is 10.8 Å². The summed E-state index contributed by atoms with van der Waals surface area (Å²) in [7, 11) is -18.0. The van der Waals surface area contributed by atoms with Gasteiger partial charge in [0.15, 0.2) is 5.69 Å². The fourth-order valence-electron chi connectivity index (χ4n) is 4.38. The monoisotopic (exact) mass is 1070 g/mol. The molecule has 0 spiro atoms. The Morgan fingerprint density at radius 3 is 1.66 bits per heavy atom. The van der Waals surface area contributed by atoms with Gasteiger partial charge in [-0.15, -0.1) is 71.7 Å². The van der Waals surface area contributed by atoms with E-state index in [2.05, 4.69) is 48.9 Å². The molecule has 27 nitrogen and oxygen atoms in total. The number of nitrogens with two attached hydrogens (primary N) is 1. The summed E-state index contributed by atoms with van der Waals surface area (Å²) >= 11 is 0. The molecule has 0 aliphatic rings. The Hall–Kier alpha value is -2.36. The van der Waals surface area contributed by atoms with E-state index in [1.165, 1.54) is 37.4 Å². The molecule has 0 amide bonds. The van der Waals surface area contributed by atoms with Crippen LogP contribution >= 0.6 is 0 Å². The zero-order valence-corrected chi connectivity index (χ0v) is 49.4. The molecule has 5 aromatic carbocycles. The van der Waals surface area contributed by atoms with Crippen LogP contribution in [0, 0.1) is 35.2 Å². The molecule has 0 aromatic heterocycles. The number of non-ortho nitro benzene ring substituents is 1. The van der Waals surface area contributed by atoms with Gasteiger partial charge >= 0.3 is 180 Å². The number of phenolic OH excluding ortho intramolecular Hbond substituents is 1. The van der Waals surface area contributed by atoms with Crippen LogP contribution in [0.1, 0.15) is 5.56 Å². The molecule has 0 radical (unpaired) electrons. The summed E-state index contributed by atoms with van der Waals surface area (Å²) in [5.41, 5.74) is 5.59. The molecular weight excluding hydrogens is 1050 g/mol. The normalized spacial score (nSPS) is 10.3. The number of nitrogens with zero attached hydrogens (tertiary/aromatic N) is 7. The summed E-state index contributed by atoms with van der Waals surface area (Å²) < 4.78 is 153. The Morgan fingerprint density at radius 1 is 0.672 bits per heavy atom. The van der Waals surface area contributed by atoms with Crippen molar-refractivity contribution in [1.29, 1.82) is 0 Å². The van der Waals surface area contributed by atoms with Crippen LogP contribution < -0.4 is 158 Å². The average molecular weight is 1070 g/mol. The van der Waals surface area contributed by atoms with Crippen molar-refractivity contribution in [3.8, 4) is 11.5 Å². The van der Waals surface area contributed by atoms with Gasteiger partial charge in [-0.05, 0) is 52.3 Å². The number of fused-ring (bicyclic) bond motifs is 1. The molecular formula is C30H19N8Na5O19S5. The van der Waals surface area contributed by atoms with Crippen LogP contribution in [0.5, 0.6) is 11.5 Å². The number of ether oxygens (including phenoxy) is 1. The Labute approximate surface area is 493 Å². The summed E-state index contributed by atoms with van der Waals surface area (Å²) in [5.74, 6) is -0.551. The van der Waals surface area contributed by atoms with Gasteiger partial charge < -0.3 is 24.7 Å². The molecule has 328 valence electrons. The van der Waals surface area contributed by atoms with Crippen LogP contribution in [0.3, 0.4) is 0 Å². The van der Waals surface area contributed by atoms with E-state index < -0.39 is 78.2 Å². The third-order valence-corrected chi connectivity index (χ3v) is 8.54. The molecule has 0 atom stereocenters. The number of hydrogen-bond acceptors (Lipinski definition) is 26. The maximum Gasteiger partial charge on any atom is 1.00 e. The predicted octanol–water partition coefficient (Wildman–Crippen LogP) is -11.2. The van der Waals surface area contributed by atoms with Crippen molar-refractivity contribution in [2.45, 2.75) is 16.7 Å². The van der Waals surface area contributed by atoms with Crippen molar-refractivity contribution in [3.63, 3.8) is 0 Å². The number of methoxy groups -OCH3 is 1. The number of azo groups is 3. The van der Waals surface area contributed by atoms with Gasteiger partial charge in [0, 0.05) is 15.9 Å². The predicted molar refractivity (Wildman–Crippen MR) is 201 cm³/mol. The molecule has 5 aromatic rings. The van der Waals surface area contributed by atoms with Crippen molar-refractivity contribution < 1.29 is 226 Å². The number of aromatic hydroxyl groups is 1. The molecule has 37 heteroatoms. The maximum atomic E-state index is 12.2. The fourth-order valence-corrected chi connectivity index (χ4v) is 5.66. The summed E-state index contributed by atoms with van der Waals surface area (Å²) in [4.78, 5) is 8.86. The molecule has 0 unspecified atom stereocenters. The Kier molecular flexibility index (Phi) is 35.3. The molecule has 3 N–H and O–H groups in total. The quantitative estimate of drug-likeness (QED) is 0.0249. The van der Waals surface area contributed by atoms with E-state index in [0.29, 0.717) is 5.56 Å². The van der Waals surface area contributed by atoms with Gasteiger partial charge in [-0.3, -0.25) is 10.1 Å². The largest absolute Gasteiger partial charge is 1.00 e. The number of hydrogen-bond donors (Lipinski definition) is 2. The summed E-state index contributed by atoms with van der Waals surface area (Å²) in [5, 5.41) is 45.1. The van der Waals surface area contributed by atoms with Gasteiger partial charge in [-0.25, -0.2) is 21.9 Å². The topological polar surface area (TPSA) is 441 Å². The van der Waals surface area contributed by atoms with Gasteiger partial charge in [0.05, 0.1) is 12.8 Å². The van der Waals surface area contributed by atoms with Crippen molar-refractivity contribution in [1.82, 2.24) is 0 Å². The van der Waals surface area contributed by atoms with E-state index in [1.54, 1.807) is 6.92 Å². The first-order valence-corrected chi connectivity index (χ1v) is 20.9. The van der Waals surface area contributed by atoms with Gasteiger partial charge in [0.25, 0.3) is 0 Å². The molecule has 0 fully saturated rings. The first-order chi connectivity index (χ1) is 28.8. The van der Waals surface area contributed by atoms with E-state index in [9.17, 15) is 41.2 Å². The summed E-state index contributed by atoms with van der Waals surface area (Å²) in [6.07, 6.45) is 0. The Balaban J connectivity index is -0.00000105. The van der Waals surface area contributed by atoms with E-state index >= 15 is 0 Å². The molecule has 5 rings (SSSR count). The molecule has 0 aliphatic heterocycles. The second-order valence-electron chi connectivity index (χ2n) is 10.6. The average Bonchev–Trinajstić information content (AvgIpc) is 3.15. The second kappa shape index (κ2) is 33.3. The molecule has 0 saturated carbocycles. The zero-order chi connectivity index (χ0) is 47.1. The number of rotatable bonds is 10. The van der Waals surface area contributed by atoms with Gasteiger partial charge in [-0.2, -0.15) is 45.7 Å². The van der Waals surface area contributed by atoms with Crippen LogP contribution in [0.2, 0.25) is 0 Å². The molecule has 0 bridgehead atoms. The van der Waals surface area contributed by atoms with E-state index in [0.717, 1.165) is 30.3 Å². The first kappa shape index (κ1) is 71.2. The van der Waals surface area contributed by atoms with Crippen molar-refractivity contribution in [3.05, 3.63) is 94.5 Å². The summed E-state index contributed by atoms with van der Waals surface area (Å²) in [6, 6.07) is 19.4. The van der Waals surface area contributed by atoms with Crippen LogP contribution in [-0.4, -0.2) is 81.0 Å². The minimum Gasteiger partial charge on any atom is -0.746 e. The maximum absolute atomic E-state index is 12.2. The number of nitrogen functional groups attached to an aromatic ring is 1. The van der Waals surface area contributed by atoms with Gasteiger partial charge in [0.2, 0.25) is 0 Å². The van der Waals surface area contributed by atoms with E-state index in [1.807, 2.05) is 0 Å².